The number of hydrogen-bond donors (Lipinski definition) is 2. The summed E-state index contributed by atoms with van der Waals surface area (Å²) < 4.78 is 10.1. The van der Waals surface area contributed by atoms with Crippen molar-refractivity contribution < 1.29 is 14.3 Å². The molecular formula is C19H38N4O3. The number of rotatable bonds is 11. The fourth-order valence-electron chi connectivity index (χ4n) is 2.94. The lowest BCUT2D eigenvalue weighted by Crippen LogP contribution is -2.52. The highest BCUT2D eigenvalue weighted by Crippen LogP contribution is 2.16. The normalized spacial score (nSPS) is 16.4. The summed E-state index contributed by atoms with van der Waals surface area (Å²) in [5, 5.41) is 6.73. The number of morpholine rings is 1. The summed E-state index contributed by atoms with van der Waals surface area (Å²) in [4.78, 5) is 18.3. The van der Waals surface area contributed by atoms with Gasteiger partial charge in [0.15, 0.2) is 5.96 Å². The summed E-state index contributed by atoms with van der Waals surface area (Å²) in [6.07, 6.45) is 4.63. The second kappa shape index (κ2) is 12.9. The first kappa shape index (κ1) is 22.7. The Labute approximate surface area is 158 Å². The molecule has 7 nitrogen and oxygen atoms in total. The monoisotopic (exact) mass is 370 g/mol. The minimum Gasteiger partial charge on any atom is -0.469 e. The molecule has 152 valence electrons. The van der Waals surface area contributed by atoms with E-state index in [1.54, 1.807) is 0 Å². The molecule has 2 N–H and O–H groups in total. The molecule has 0 atom stereocenters. The number of carbonyl (C=O) groups excluding carboxylic acids is 1. The van der Waals surface area contributed by atoms with Gasteiger partial charge in [0.2, 0.25) is 0 Å². The van der Waals surface area contributed by atoms with E-state index >= 15 is 0 Å². The molecule has 0 aromatic heterocycles. The van der Waals surface area contributed by atoms with Crippen LogP contribution in [0.2, 0.25) is 0 Å². The fraction of sp³-hybridized carbons (Fsp3) is 0.895. The first-order valence-corrected chi connectivity index (χ1v) is 9.91. The number of esters is 1. The lowest BCUT2D eigenvalue weighted by Gasteiger charge is -2.39. The van der Waals surface area contributed by atoms with Gasteiger partial charge in [0.1, 0.15) is 0 Å². The van der Waals surface area contributed by atoms with Crippen LogP contribution >= 0.6 is 0 Å². The lowest BCUT2D eigenvalue weighted by molar-refractivity contribution is -0.140. The first-order valence-electron chi connectivity index (χ1n) is 9.91. The lowest BCUT2D eigenvalue weighted by atomic mass is 10.0. The highest BCUT2D eigenvalue weighted by molar-refractivity contribution is 5.79. The largest absolute Gasteiger partial charge is 0.469 e. The van der Waals surface area contributed by atoms with Crippen molar-refractivity contribution >= 4 is 11.9 Å². The van der Waals surface area contributed by atoms with Crippen LogP contribution in [0.5, 0.6) is 0 Å². The Kier molecular flexibility index (Phi) is 11.3. The van der Waals surface area contributed by atoms with Crippen LogP contribution in [0, 0.1) is 0 Å². The molecule has 0 saturated carbocycles. The van der Waals surface area contributed by atoms with Crippen molar-refractivity contribution in [2.45, 2.75) is 58.4 Å². The van der Waals surface area contributed by atoms with Gasteiger partial charge in [-0.05, 0) is 33.6 Å². The van der Waals surface area contributed by atoms with Crippen LogP contribution in [0.25, 0.3) is 0 Å². The molecule has 1 saturated heterocycles. The van der Waals surface area contributed by atoms with Crippen molar-refractivity contribution in [2.24, 2.45) is 4.99 Å². The summed E-state index contributed by atoms with van der Waals surface area (Å²) in [7, 11) is 1.44. The summed E-state index contributed by atoms with van der Waals surface area (Å²) in [5.41, 5.74) is 0.0278. The molecule has 1 fully saturated rings. The summed E-state index contributed by atoms with van der Waals surface area (Å²) in [6, 6.07) is 0. The number of hydrogen-bond acceptors (Lipinski definition) is 5. The molecule has 0 aromatic carbocycles. The van der Waals surface area contributed by atoms with Gasteiger partial charge < -0.3 is 20.1 Å². The molecule has 0 bridgehead atoms. The van der Waals surface area contributed by atoms with Gasteiger partial charge >= 0.3 is 5.97 Å². The Morgan fingerprint density at radius 3 is 2.50 bits per heavy atom. The highest BCUT2D eigenvalue weighted by atomic mass is 16.5. The Balaban J connectivity index is 2.28. The van der Waals surface area contributed by atoms with Crippen LogP contribution in [0.4, 0.5) is 0 Å². The molecule has 0 aromatic rings. The van der Waals surface area contributed by atoms with Crippen LogP contribution in [-0.4, -0.2) is 75.4 Å². The second-order valence-corrected chi connectivity index (χ2v) is 7.27. The minimum absolute atomic E-state index is 0.0278. The van der Waals surface area contributed by atoms with Crippen LogP contribution in [0.15, 0.2) is 4.99 Å². The van der Waals surface area contributed by atoms with E-state index in [1.807, 2.05) is 0 Å². The maximum absolute atomic E-state index is 11.1. The zero-order valence-electron chi connectivity index (χ0n) is 17.1. The van der Waals surface area contributed by atoms with Gasteiger partial charge in [-0.1, -0.05) is 12.8 Å². The van der Waals surface area contributed by atoms with Crippen molar-refractivity contribution in [1.82, 2.24) is 15.5 Å². The van der Waals surface area contributed by atoms with E-state index in [0.29, 0.717) is 6.42 Å². The molecule has 0 spiro atoms. The van der Waals surface area contributed by atoms with Crippen LogP contribution in [0.1, 0.15) is 52.9 Å². The number of nitrogens with zero attached hydrogens (tertiary/aromatic N) is 2. The summed E-state index contributed by atoms with van der Waals surface area (Å²) in [6.45, 7) is 12.6. The third-order valence-electron chi connectivity index (χ3n) is 4.66. The SMILES string of the molecule is CCNC(=NCC(C)(C)N1CCOCC1)NCCCCCCC(=O)OC. The van der Waals surface area contributed by atoms with Gasteiger partial charge in [0.25, 0.3) is 0 Å². The molecular weight excluding hydrogens is 332 g/mol. The van der Waals surface area contributed by atoms with Crippen LogP contribution < -0.4 is 10.6 Å². The third-order valence-corrected chi connectivity index (χ3v) is 4.66. The molecule has 0 radical (unpaired) electrons. The summed E-state index contributed by atoms with van der Waals surface area (Å²) in [5.74, 6) is 0.760. The highest BCUT2D eigenvalue weighted by Gasteiger charge is 2.28. The predicted molar refractivity (Wildman–Crippen MR) is 106 cm³/mol. The molecule has 1 rings (SSSR count). The minimum atomic E-state index is -0.118. The maximum Gasteiger partial charge on any atom is 0.305 e. The van der Waals surface area contributed by atoms with E-state index in [1.165, 1.54) is 7.11 Å². The average molecular weight is 371 g/mol. The van der Waals surface area contributed by atoms with E-state index in [2.05, 4.69) is 41.0 Å². The summed E-state index contributed by atoms with van der Waals surface area (Å²) >= 11 is 0. The van der Waals surface area contributed by atoms with E-state index in [-0.39, 0.29) is 11.5 Å². The predicted octanol–water partition coefficient (Wildman–Crippen LogP) is 1.78. The molecule has 0 unspecified atom stereocenters. The van der Waals surface area contributed by atoms with E-state index < -0.39 is 0 Å². The standard InChI is InChI=1S/C19H38N4O3/c1-5-20-18(21-11-9-7-6-8-10-17(24)25-4)22-16-19(2,3)23-12-14-26-15-13-23/h5-16H2,1-4H3,(H2,20,21,22). The molecule has 1 aliphatic rings. The van der Waals surface area contributed by atoms with Crippen molar-refractivity contribution in [3.63, 3.8) is 0 Å². The Morgan fingerprint density at radius 1 is 1.15 bits per heavy atom. The van der Waals surface area contributed by atoms with Gasteiger partial charge in [0.05, 0.1) is 26.9 Å². The number of carbonyl (C=O) groups is 1. The molecule has 26 heavy (non-hydrogen) atoms. The maximum atomic E-state index is 11.1. The average Bonchev–Trinajstić information content (AvgIpc) is 2.65. The van der Waals surface area contributed by atoms with Crippen molar-refractivity contribution in [3.8, 4) is 0 Å². The zero-order chi connectivity index (χ0) is 19.3. The van der Waals surface area contributed by atoms with Crippen molar-refractivity contribution in [3.05, 3.63) is 0 Å². The molecule has 0 aliphatic carbocycles. The zero-order valence-corrected chi connectivity index (χ0v) is 17.1. The van der Waals surface area contributed by atoms with E-state index in [4.69, 9.17) is 9.73 Å². The smallest absolute Gasteiger partial charge is 0.305 e. The number of ether oxygens (including phenoxy) is 2. The molecule has 1 heterocycles. The number of guanidine groups is 1. The topological polar surface area (TPSA) is 75.2 Å². The van der Waals surface area contributed by atoms with Crippen molar-refractivity contribution in [1.29, 1.82) is 0 Å². The van der Waals surface area contributed by atoms with Gasteiger partial charge in [0, 0.05) is 38.1 Å². The van der Waals surface area contributed by atoms with E-state index in [0.717, 1.165) is 77.6 Å². The van der Waals surface area contributed by atoms with E-state index in [9.17, 15) is 4.79 Å². The fourth-order valence-corrected chi connectivity index (χ4v) is 2.94. The Hall–Kier alpha value is -1.34. The van der Waals surface area contributed by atoms with Crippen LogP contribution in [-0.2, 0) is 14.3 Å². The quantitative estimate of drug-likeness (QED) is 0.250. The molecule has 1 aliphatic heterocycles. The second-order valence-electron chi connectivity index (χ2n) is 7.27. The van der Waals surface area contributed by atoms with Gasteiger partial charge in [-0.3, -0.25) is 14.7 Å². The van der Waals surface area contributed by atoms with Gasteiger partial charge in [-0.2, -0.15) is 0 Å². The van der Waals surface area contributed by atoms with Gasteiger partial charge in [-0.15, -0.1) is 0 Å². The molecule has 7 heteroatoms. The number of nitrogens with one attached hydrogen (secondary N) is 2. The number of aliphatic imine (C=N–C) groups is 1. The Bertz CT molecular complexity index is 421. The van der Waals surface area contributed by atoms with Crippen molar-refractivity contribution in [2.75, 3.05) is 53.0 Å². The third kappa shape index (κ3) is 9.38. The number of methoxy groups -OCH3 is 1. The van der Waals surface area contributed by atoms with Gasteiger partial charge in [-0.25, -0.2) is 0 Å². The number of unbranched alkanes of at least 4 members (excludes halogenated alkanes) is 3. The van der Waals surface area contributed by atoms with Crippen LogP contribution in [0.3, 0.4) is 0 Å². The molecule has 0 amide bonds. The Morgan fingerprint density at radius 2 is 1.85 bits per heavy atom. The first-order chi connectivity index (χ1) is 12.5.